The molecule has 1 rings (SSSR count). The number of nitrogens with one attached hydrogen (secondary N) is 1. The third kappa shape index (κ3) is 5.72. The first-order valence-corrected chi connectivity index (χ1v) is 8.27. The molecule has 0 radical (unpaired) electrons. The zero-order valence-electron chi connectivity index (χ0n) is 12.9. The molecule has 0 aromatic carbocycles. The van der Waals surface area contributed by atoms with E-state index in [9.17, 15) is 4.79 Å². The van der Waals surface area contributed by atoms with E-state index in [2.05, 4.69) is 35.1 Å². The molecule has 0 saturated heterocycles. The zero-order valence-corrected chi connectivity index (χ0v) is 14.5. The van der Waals surface area contributed by atoms with Gasteiger partial charge in [-0.2, -0.15) is 0 Å². The Morgan fingerprint density at radius 1 is 1.21 bits per heavy atom. The van der Waals surface area contributed by atoms with E-state index in [-0.39, 0.29) is 17.0 Å². The van der Waals surface area contributed by atoms with Gasteiger partial charge in [0.1, 0.15) is 5.60 Å². The lowest BCUT2D eigenvalue weighted by atomic mass is 9.78. The lowest BCUT2D eigenvalue weighted by Gasteiger charge is -2.37. The molecule has 0 heterocycles. The van der Waals surface area contributed by atoms with Crippen molar-refractivity contribution in [2.75, 3.05) is 5.33 Å². The maximum Gasteiger partial charge on any atom is 0.408 e. The SMILES string of the molecule is CC(C)(CBr)CC1(NC(=O)OC(C)(C)C)CCCC1. The van der Waals surface area contributed by atoms with Crippen molar-refractivity contribution in [1.29, 1.82) is 0 Å². The molecule has 0 atom stereocenters. The Hall–Kier alpha value is -0.250. The van der Waals surface area contributed by atoms with Crippen LogP contribution in [0.15, 0.2) is 0 Å². The van der Waals surface area contributed by atoms with Crippen LogP contribution in [0.3, 0.4) is 0 Å². The van der Waals surface area contributed by atoms with Gasteiger partial charge in [-0.15, -0.1) is 0 Å². The number of carbonyl (C=O) groups is 1. The average molecular weight is 334 g/mol. The number of alkyl halides is 1. The first-order valence-electron chi connectivity index (χ1n) is 7.15. The molecule has 0 aromatic rings. The highest BCUT2D eigenvalue weighted by Crippen LogP contribution is 2.40. The van der Waals surface area contributed by atoms with E-state index in [0.717, 1.165) is 24.6 Å². The molecular formula is C15H28BrNO2. The van der Waals surface area contributed by atoms with Crippen molar-refractivity contribution in [3.63, 3.8) is 0 Å². The van der Waals surface area contributed by atoms with Crippen molar-refractivity contribution in [3.05, 3.63) is 0 Å². The predicted molar refractivity (Wildman–Crippen MR) is 82.8 cm³/mol. The second-order valence-electron chi connectivity index (χ2n) is 7.59. The smallest absolute Gasteiger partial charge is 0.408 e. The molecule has 0 spiro atoms. The fourth-order valence-corrected chi connectivity index (χ4v) is 3.08. The number of ether oxygens (including phenoxy) is 1. The largest absolute Gasteiger partial charge is 0.444 e. The van der Waals surface area contributed by atoms with Crippen LogP contribution in [0.4, 0.5) is 4.79 Å². The lowest BCUT2D eigenvalue weighted by molar-refractivity contribution is 0.0428. The minimum atomic E-state index is -0.436. The minimum Gasteiger partial charge on any atom is -0.444 e. The Morgan fingerprint density at radius 2 is 1.74 bits per heavy atom. The lowest BCUT2D eigenvalue weighted by Crippen LogP contribution is -2.50. The fraction of sp³-hybridized carbons (Fsp3) is 0.933. The van der Waals surface area contributed by atoms with Gasteiger partial charge in [-0.05, 0) is 45.4 Å². The van der Waals surface area contributed by atoms with Crippen LogP contribution in [0.1, 0.15) is 66.7 Å². The van der Waals surface area contributed by atoms with Gasteiger partial charge in [0.25, 0.3) is 0 Å². The molecule has 0 bridgehead atoms. The molecular weight excluding hydrogens is 306 g/mol. The summed E-state index contributed by atoms with van der Waals surface area (Å²) in [6.45, 7) is 10.2. The van der Waals surface area contributed by atoms with Crippen LogP contribution in [-0.4, -0.2) is 22.6 Å². The van der Waals surface area contributed by atoms with Crippen molar-refractivity contribution in [2.24, 2.45) is 5.41 Å². The Bertz CT molecular complexity index is 315. The van der Waals surface area contributed by atoms with Gasteiger partial charge < -0.3 is 10.1 Å². The summed E-state index contributed by atoms with van der Waals surface area (Å²) < 4.78 is 5.41. The van der Waals surface area contributed by atoms with Crippen LogP contribution in [0.25, 0.3) is 0 Å². The topological polar surface area (TPSA) is 38.3 Å². The normalized spacial score (nSPS) is 19.3. The third-order valence-electron chi connectivity index (χ3n) is 3.51. The molecule has 1 aliphatic rings. The highest BCUT2D eigenvalue weighted by atomic mass is 79.9. The molecule has 1 saturated carbocycles. The summed E-state index contributed by atoms with van der Waals surface area (Å²) >= 11 is 3.57. The van der Waals surface area contributed by atoms with Crippen LogP contribution < -0.4 is 5.32 Å². The van der Waals surface area contributed by atoms with E-state index < -0.39 is 5.60 Å². The zero-order chi connectivity index (χ0) is 14.7. The van der Waals surface area contributed by atoms with Gasteiger partial charge >= 0.3 is 6.09 Å². The van der Waals surface area contributed by atoms with Crippen LogP contribution >= 0.6 is 15.9 Å². The minimum absolute atomic E-state index is 0.0837. The first-order chi connectivity index (χ1) is 8.58. The summed E-state index contributed by atoms with van der Waals surface area (Å²) in [5, 5.41) is 4.10. The second kappa shape index (κ2) is 6.02. The van der Waals surface area contributed by atoms with Gasteiger partial charge in [0, 0.05) is 10.9 Å². The summed E-state index contributed by atoms with van der Waals surface area (Å²) in [4.78, 5) is 12.0. The molecule has 1 N–H and O–H groups in total. The quantitative estimate of drug-likeness (QED) is 0.761. The number of halogens is 1. The second-order valence-corrected chi connectivity index (χ2v) is 8.15. The number of carbonyl (C=O) groups excluding carboxylic acids is 1. The molecule has 3 nitrogen and oxygen atoms in total. The molecule has 0 aliphatic heterocycles. The van der Waals surface area contributed by atoms with Crippen LogP contribution in [0, 0.1) is 5.41 Å². The predicted octanol–water partition coefficient (Wildman–Crippen LogP) is 4.64. The summed E-state index contributed by atoms with van der Waals surface area (Å²) in [7, 11) is 0. The van der Waals surface area contributed by atoms with Crippen LogP contribution in [-0.2, 0) is 4.74 Å². The molecule has 0 aromatic heterocycles. The van der Waals surface area contributed by atoms with Crippen LogP contribution in [0.2, 0.25) is 0 Å². The van der Waals surface area contributed by atoms with E-state index >= 15 is 0 Å². The van der Waals surface area contributed by atoms with Gasteiger partial charge in [0.2, 0.25) is 0 Å². The Labute approximate surface area is 126 Å². The highest BCUT2D eigenvalue weighted by Gasteiger charge is 2.40. The molecule has 4 heteroatoms. The Balaban J connectivity index is 2.70. The fourth-order valence-electron chi connectivity index (χ4n) is 2.88. The standard InChI is InChI=1S/C15H28BrNO2/c1-13(2,3)19-12(18)17-15(8-6-7-9-15)10-14(4,5)11-16/h6-11H2,1-5H3,(H,17,18). The van der Waals surface area contributed by atoms with Crippen LogP contribution in [0.5, 0.6) is 0 Å². The maximum atomic E-state index is 12.0. The number of alkyl carbamates (subject to hydrolysis) is 1. The van der Waals surface area contributed by atoms with Crippen molar-refractivity contribution in [2.45, 2.75) is 77.9 Å². The Morgan fingerprint density at radius 3 is 2.16 bits per heavy atom. The molecule has 1 amide bonds. The molecule has 1 fully saturated rings. The van der Waals surface area contributed by atoms with E-state index in [1.54, 1.807) is 0 Å². The molecule has 19 heavy (non-hydrogen) atoms. The van der Waals surface area contributed by atoms with Gasteiger partial charge in [0.05, 0.1) is 0 Å². The number of rotatable bonds is 4. The molecule has 1 aliphatic carbocycles. The van der Waals surface area contributed by atoms with Gasteiger partial charge in [-0.3, -0.25) is 0 Å². The van der Waals surface area contributed by atoms with Crippen molar-refractivity contribution >= 4 is 22.0 Å². The third-order valence-corrected chi connectivity index (χ3v) is 5.02. The number of hydrogen-bond acceptors (Lipinski definition) is 2. The monoisotopic (exact) mass is 333 g/mol. The summed E-state index contributed by atoms with van der Waals surface area (Å²) in [6.07, 6.45) is 5.21. The average Bonchev–Trinajstić information content (AvgIpc) is 2.62. The summed E-state index contributed by atoms with van der Waals surface area (Å²) in [5.41, 5.74) is -0.340. The van der Waals surface area contributed by atoms with E-state index in [1.807, 2.05) is 20.8 Å². The maximum absolute atomic E-state index is 12.0. The number of hydrogen-bond donors (Lipinski definition) is 1. The van der Waals surface area contributed by atoms with Crippen molar-refractivity contribution in [3.8, 4) is 0 Å². The van der Waals surface area contributed by atoms with Gasteiger partial charge in [0.15, 0.2) is 0 Å². The number of amides is 1. The summed E-state index contributed by atoms with van der Waals surface area (Å²) in [5.74, 6) is 0. The van der Waals surface area contributed by atoms with Crippen molar-refractivity contribution < 1.29 is 9.53 Å². The van der Waals surface area contributed by atoms with E-state index in [1.165, 1.54) is 12.8 Å². The Kier molecular flexibility index (Phi) is 5.33. The molecule has 112 valence electrons. The van der Waals surface area contributed by atoms with Crippen molar-refractivity contribution in [1.82, 2.24) is 5.32 Å². The highest BCUT2D eigenvalue weighted by molar-refractivity contribution is 9.09. The summed E-state index contributed by atoms with van der Waals surface area (Å²) in [6, 6.07) is 0. The van der Waals surface area contributed by atoms with Gasteiger partial charge in [-0.1, -0.05) is 42.6 Å². The van der Waals surface area contributed by atoms with E-state index in [0.29, 0.717) is 0 Å². The first kappa shape index (κ1) is 16.8. The van der Waals surface area contributed by atoms with Gasteiger partial charge in [-0.25, -0.2) is 4.79 Å². The molecule has 0 unspecified atom stereocenters. The van der Waals surface area contributed by atoms with E-state index in [4.69, 9.17) is 4.74 Å².